The van der Waals surface area contributed by atoms with E-state index >= 15 is 0 Å². The Kier molecular flexibility index (Phi) is 11.0. The number of carbonyl (C=O) groups excluding carboxylic acids is 2. The van der Waals surface area contributed by atoms with Crippen molar-refractivity contribution in [1.29, 1.82) is 0 Å². The number of rotatable bonds is 12. The third kappa shape index (κ3) is 8.26. The number of halogens is 2. The van der Waals surface area contributed by atoms with Gasteiger partial charge in [-0.15, -0.1) is 0 Å². The van der Waals surface area contributed by atoms with Crippen molar-refractivity contribution in [2.24, 2.45) is 0 Å². The van der Waals surface area contributed by atoms with Crippen LogP contribution in [-0.4, -0.2) is 34.6 Å². The fraction of sp³-hybridized carbons (Fsp3) is 0.355. The lowest BCUT2D eigenvalue weighted by Gasteiger charge is -2.33. The molecule has 200 valence electrons. The molecule has 7 heteroatoms. The normalized spacial score (nSPS) is 14.3. The molecule has 38 heavy (non-hydrogen) atoms. The van der Waals surface area contributed by atoms with Crippen LogP contribution in [0.2, 0.25) is 10.0 Å². The molecule has 0 unspecified atom stereocenters. The summed E-state index contributed by atoms with van der Waals surface area (Å²) in [6.07, 6.45) is 4.93. The summed E-state index contributed by atoms with van der Waals surface area (Å²) in [4.78, 5) is 29.2. The highest BCUT2D eigenvalue weighted by molar-refractivity contribution is 7.98. The van der Waals surface area contributed by atoms with Gasteiger partial charge >= 0.3 is 0 Å². The molecule has 0 bridgehead atoms. The van der Waals surface area contributed by atoms with Gasteiger partial charge in [-0.1, -0.05) is 103 Å². The van der Waals surface area contributed by atoms with Gasteiger partial charge in [-0.3, -0.25) is 9.59 Å². The summed E-state index contributed by atoms with van der Waals surface area (Å²) in [5, 5.41) is 4.21. The molecule has 0 radical (unpaired) electrons. The molecule has 0 heterocycles. The summed E-state index contributed by atoms with van der Waals surface area (Å²) in [5.41, 5.74) is 2.89. The highest BCUT2D eigenvalue weighted by atomic mass is 35.5. The Labute approximate surface area is 240 Å². The van der Waals surface area contributed by atoms with Crippen LogP contribution < -0.4 is 5.32 Å². The Morgan fingerprint density at radius 1 is 0.868 bits per heavy atom. The van der Waals surface area contributed by atoms with E-state index in [2.05, 4.69) is 17.4 Å². The lowest BCUT2D eigenvalue weighted by atomic mass is 10.0. The second-order valence-corrected chi connectivity index (χ2v) is 11.6. The quantitative estimate of drug-likeness (QED) is 0.233. The fourth-order valence-corrected chi connectivity index (χ4v) is 6.25. The molecule has 1 fully saturated rings. The van der Waals surface area contributed by atoms with E-state index in [4.69, 9.17) is 23.2 Å². The van der Waals surface area contributed by atoms with Crippen LogP contribution in [0.3, 0.4) is 0 Å². The van der Waals surface area contributed by atoms with Gasteiger partial charge < -0.3 is 10.2 Å². The first-order valence-corrected chi connectivity index (χ1v) is 15.1. The van der Waals surface area contributed by atoms with Gasteiger partial charge in [0.05, 0.1) is 0 Å². The van der Waals surface area contributed by atoms with Crippen LogP contribution in [0.1, 0.15) is 48.8 Å². The molecule has 1 atom stereocenters. The van der Waals surface area contributed by atoms with Gasteiger partial charge in [0, 0.05) is 52.5 Å². The van der Waals surface area contributed by atoms with Crippen LogP contribution in [0, 0.1) is 0 Å². The van der Waals surface area contributed by atoms with E-state index in [1.54, 1.807) is 34.9 Å². The van der Waals surface area contributed by atoms with Gasteiger partial charge in [0.15, 0.2) is 0 Å². The van der Waals surface area contributed by atoms with E-state index in [1.807, 2.05) is 48.5 Å². The first-order chi connectivity index (χ1) is 18.5. The van der Waals surface area contributed by atoms with E-state index in [0.29, 0.717) is 34.2 Å². The van der Waals surface area contributed by atoms with Crippen molar-refractivity contribution in [2.75, 3.05) is 5.75 Å². The van der Waals surface area contributed by atoms with Gasteiger partial charge in [0.2, 0.25) is 11.8 Å². The molecular weight excluding hydrogens is 535 g/mol. The topological polar surface area (TPSA) is 49.4 Å². The molecule has 4 rings (SSSR count). The van der Waals surface area contributed by atoms with E-state index in [9.17, 15) is 9.59 Å². The maximum atomic E-state index is 13.8. The summed E-state index contributed by atoms with van der Waals surface area (Å²) < 4.78 is 0. The molecule has 0 aromatic heterocycles. The molecule has 4 nitrogen and oxygen atoms in total. The largest absolute Gasteiger partial charge is 0.352 e. The van der Waals surface area contributed by atoms with Gasteiger partial charge in [-0.2, -0.15) is 11.8 Å². The van der Waals surface area contributed by atoms with Gasteiger partial charge in [0.1, 0.15) is 6.04 Å². The monoisotopic (exact) mass is 568 g/mol. The van der Waals surface area contributed by atoms with Gasteiger partial charge in [-0.25, -0.2) is 0 Å². The van der Waals surface area contributed by atoms with Crippen LogP contribution in [0.5, 0.6) is 0 Å². The predicted molar refractivity (Wildman–Crippen MR) is 159 cm³/mol. The zero-order valence-corrected chi connectivity index (χ0v) is 23.8. The smallest absolute Gasteiger partial charge is 0.243 e. The molecule has 1 saturated carbocycles. The molecule has 1 aliphatic carbocycles. The average Bonchev–Trinajstić information content (AvgIpc) is 3.44. The minimum Gasteiger partial charge on any atom is -0.352 e. The minimum atomic E-state index is -0.669. The zero-order valence-electron chi connectivity index (χ0n) is 21.5. The molecule has 2 amide bonds. The zero-order chi connectivity index (χ0) is 26.7. The first kappa shape index (κ1) is 28.5. The first-order valence-electron chi connectivity index (χ1n) is 13.2. The maximum absolute atomic E-state index is 13.8. The van der Waals surface area contributed by atoms with Crippen molar-refractivity contribution in [1.82, 2.24) is 10.2 Å². The molecule has 3 aromatic carbocycles. The van der Waals surface area contributed by atoms with Crippen molar-refractivity contribution in [3.05, 3.63) is 106 Å². The summed E-state index contributed by atoms with van der Waals surface area (Å²) in [6, 6.07) is 24.9. The minimum absolute atomic E-state index is 0.0796. The number of amides is 2. The lowest BCUT2D eigenvalue weighted by molar-refractivity contribution is -0.141. The number of hydrogen-bond acceptors (Lipinski definition) is 3. The van der Waals surface area contributed by atoms with Crippen LogP contribution in [-0.2, 0) is 28.3 Å². The SMILES string of the molecule is O=C(NC1CCCC1)[C@@H](Cc1ccccc1)N(Cc1c(Cl)cccc1Cl)C(=O)CCSCc1ccccc1. The van der Waals surface area contributed by atoms with E-state index in [1.165, 1.54) is 5.56 Å². The molecular formula is C31H34Cl2N2O2S. The number of carbonyl (C=O) groups is 2. The Hall–Kier alpha value is -2.47. The van der Waals surface area contributed by atoms with E-state index in [-0.39, 0.29) is 24.4 Å². The lowest BCUT2D eigenvalue weighted by Crippen LogP contribution is -2.52. The summed E-state index contributed by atoms with van der Waals surface area (Å²) in [7, 11) is 0. The molecule has 1 N–H and O–H groups in total. The average molecular weight is 570 g/mol. The second-order valence-electron chi connectivity index (χ2n) is 9.71. The van der Waals surface area contributed by atoms with Crippen LogP contribution >= 0.6 is 35.0 Å². The Bertz CT molecular complexity index is 1170. The summed E-state index contributed by atoms with van der Waals surface area (Å²) >= 11 is 14.8. The van der Waals surface area contributed by atoms with Crippen LogP contribution in [0.25, 0.3) is 0 Å². The highest BCUT2D eigenvalue weighted by Crippen LogP contribution is 2.28. The van der Waals surface area contributed by atoms with Crippen molar-refractivity contribution < 1.29 is 9.59 Å². The number of nitrogens with one attached hydrogen (secondary N) is 1. The fourth-order valence-electron chi connectivity index (χ4n) is 4.84. The Morgan fingerprint density at radius 2 is 1.47 bits per heavy atom. The number of hydrogen-bond donors (Lipinski definition) is 1. The maximum Gasteiger partial charge on any atom is 0.243 e. The van der Waals surface area contributed by atoms with Crippen molar-refractivity contribution in [2.45, 2.75) is 62.9 Å². The summed E-state index contributed by atoms with van der Waals surface area (Å²) in [5.74, 6) is 1.29. The standard InChI is InChI=1S/C31H34Cl2N2O2S/c32-27-16-9-17-28(33)26(27)21-35(30(36)18-19-38-22-24-12-5-2-6-13-24)29(20-23-10-3-1-4-11-23)31(37)34-25-14-7-8-15-25/h1-6,9-13,16-17,25,29H,7-8,14-15,18-22H2,(H,34,37)/t29-/m1/s1. The molecule has 0 saturated heterocycles. The number of benzene rings is 3. The Balaban J connectivity index is 1.56. The van der Waals surface area contributed by atoms with Crippen molar-refractivity contribution in [3.8, 4) is 0 Å². The summed E-state index contributed by atoms with van der Waals surface area (Å²) in [6.45, 7) is 0.177. The van der Waals surface area contributed by atoms with Gasteiger partial charge in [-0.05, 0) is 36.1 Å². The van der Waals surface area contributed by atoms with E-state index in [0.717, 1.165) is 37.0 Å². The third-order valence-electron chi connectivity index (χ3n) is 6.93. The highest BCUT2D eigenvalue weighted by Gasteiger charge is 2.32. The predicted octanol–water partition coefficient (Wildman–Crippen LogP) is 7.32. The van der Waals surface area contributed by atoms with Crippen molar-refractivity contribution >= 4 is 46.8 Å². The molecule has 0 spiro atoms. The van der Waals surface area contributed by atoms with E-state index < -0.39 is 6.04 Å². The molecule has 1 aliphatic rings. The van der Waals surface area contributed by atoms with Crippen molar-refractivity contribution in [3.63, 3.8) is 0 Å². The number of nitrogens with zero attached hydrogens (tertiary/aromatic N) is 1. The second kappa shape index (κ2) is 14.6. The Morgan fingerprint density at radius 3 is 2.11 bits per heavy atom. The number of thioether (sulfide) groups is 1. The molecule has 0 aliphatic heterocycles. The van der Waals surface area contributed by atoms with Crippen LogP contribution in [0.15, 0.2) is 78.9 Å². The molecule has 3 aromatic rings. The van der Waals surface area contributed by atoms with Gasteiger partial charge in [0.25, 0.3) is 0 Å². The third-order valence-corrected chi connectivity index (χ3v) is 8.67. The van der Waals surface area contributed by atoms with Crippen LogP contribution in [0.4, 0.5) is 0 Å².